The van der Waals surface area contributed by atoms with E-state index in [0.717, 1.165) is 51.8 Å². The van der Waals surface area contributed by atoms with E-state index in [2.05, 4.69) is 42.1 Å². The number of hydrogen-bond donors (Lipinski definition) is 4. The maximum atomic E-state index is 12.8. The summed E-state index contributed by atoms with van der Waals surface area (Å²) in [5.74, 6) is 0.344. The van der Waals surface area contributed by atoms with Crippen molar-refractivity contribution in [3.05, 3.63) is 74.7 Å². The number of rotatable bonds is 9. The Morgan fingerprint density at radius 1 is 0.741 bits per heavy atom. The summed E-state index contributed by atoms with van der Waals surface area (Å²) >= 11 is 3.07. The number of benzene rings is 2. The SMILES string of the molecule is CC.CC(C)(C)OC(=O)Nc1ccc(CC(=O)Nc2nnc(C3CCC[C@H](c4nnc(Cc5ccc(NC(=O)OC(C)(C)C)cc5)s4)C3)s2)cc1.NC=O. The molecule has 0 saturated heterocycles. The van der Waals surface area contributed by atoms with Crippen LogP contribution in [0.3, 0.4) is 0 Å². The zero-order chi connectivity index (χ0) is 39.9. The van der Waals surface area contributed by atoms with Gasteiger partial charge in [-0.3, -0.25) is 20.2 Å². The van der Waals surface area contributed by atoms with Gasteiger partial charge < -0.3 is 20.5 Å². The Morgan fingerprint density at radius 3 is 1.70 bits per heavy atom. The lowest BCUT2D eigenvalue weighted by molar-refractivity contribution is -0.115. The molecule has 1 aliphatic carbocycles. The van der Waals surface area contributed by atoms with E-state index in [4.69, 9.17) is 14.3 Å². The van der Waals surface area contributed by atoms with E-state index in [9.17, 15) is 14.4 Å². The minimum Gasteiger partial charge on any atom is -0.444 e. The highest BCUT2D eigenvalue weighted by Crippen LogP contribution is 2.43. The molecule has 16 heteroatoms. The molecule has 2 aromatic heterocycles. The Bertz CT molecular complexity index is 1800. The highest BCUT2D eigenvalue weighted by molar-refractivity contribution is 7.15. The Morgan fingerprint density at radius 2 is 1.20 bits per heavy atom. The summed E-state index contributed by atoms with van der Waals surface area (Å²) in [6.07, 6.45) is 4.08. The molecule has 0 radical (unpaired) electrons. The van der Waals surface area contributed by atoms with Crippen LogP contribution in [0.25, 0.3) is 0 Å². The lowest BCUT2D eigenvalue weighted by Gasteiger charge is -2.25. The van der Waals surface area contributed by atoms with E-state index >= 15 is 0 Å². The topological polar surface area (TPSA) is 200 Å². The molecule has 292 valence electrons. The molecule has 5 N–H and O–H groups in total. The number of nitrogens with one attached hydrogen (secondary N) is 3. The second kappa shape index (κ2) is 20.5. The number of anilines is 3. The van der Waals surface area contributed by atoms with Crippen molar-refractivity contribution in [2.24, 2.45) is 5.73 Å². The van der Waals surface area contributed by atoms with Crippen molar-refractivity contribution in [2.45, 2.75) is 117 Å². The molecule has 54 heavy (non-hydrogen) atoms. The third kappa shape index (κ3) is 15.2. The van der Waals surface area contributed by atoms with Crippen LogP contribution in [0.15, 0.2) is 48.5 Å². The zero-order valence-corrected chi connectivity index (χ0v) is 33.9. The third-order valence-electron chi connectivity index (χ3n) is 7.46. The number of ether oxygens (including phenoxy) is 2. The van der Waals surface area contributed by atoms with E-state index in [1.165, 1.54) is 11.3 Å². The monoisotopic (exact) mass is 780 g/mol. The number of carbonyl (C=O) groups is 4. The van der Waals surface area contributed by atoms with Crippen molar-refractivity contribution >= 4 is 63.7 Å². The minimum absolute atomic E-state index is 0.166. The lowest BCUT2D eigenvalue weighted by Crippen LogP contribution is -2.27. The summed E-state index contributed by atoms with van der Waals surface area (Å²) in [4.78, 5) is 45.4. The summed E-state index contributed by atoms with van der Waals surface area (Å²) in [7, 11) is 0. The predicted octanol–water partition coefficient (Wildman–Crippen LogP) is 8.42. The first kappa shape index (κ1) is 43.4. The molecule has 2 atom stereocenters. The molecular weight excluding hydrogens is 729 g/mol. The van der Waals surface area contributed by atoms with Gasteiger partial charge in [-0.2, -0.15) is 0 Å². The Labute approximate surface area is 325 Å². The predicted molar refractivity (Wildman–Crippen MR) is 213 cm³/mol. The number of hydrogen-bond acceptors (Lipinski definition) is 12. The van der Waals surface area contributed by atoms with Crippen LogP contribution < -0.4 is 21.7 Å². The Balaban J connectivity index is 0.00000149. The molecule has 1 saturated carbocycles. The molecule has 4 amide bonds. The first-order chi connectivity index (χ1) is 25.6. The van der Waals surface area contributed by atoms with Gasteiger partial charge in [0.15, 0.2) is 0 Å². The summed E-state index contributed by atoms with van der Waals surface area (Å²) in [6, 6.07) is 14.7. The lowest BCUT2D eigenvalue weighted by atomic mass is 9.82. The van der Waals surface area contributed by atoms with Gasteiger partial charge in [-0.25, -0.2) is 9.59 Å². The van der Waals surface area contributed by atoms with Gasteiger partial charge in [-0.15, -0.1) is 31.7 Å². The number of nitrogens with zero attached hydrogens (tertiary/aromatic N) is 4. The number of primary amides is 1. The normalized spacial score (nSPS) is 15.3. The van der Waals surface area contributed by atoms with Crippen molar-refractivity contribution in [2.75, 3.05) is 16.0 Å². The van der Waals surface area contributed by atoms with Crippen molar-refractivity contribution in [3.8, 4) is 0 Å². The van der Waals surface area contributed by atoms with Gasteiger partial charge in [0.05, 0.1) is 6.42 Å². The van der Waals surface area contributed by atoms with Crippen molar-refractivity contribution in [1.29, 1.82) is 0 Å². The number of nitrogens with two attached hydrogens (primary N) is 1. The van der Waals surface area contributed by atoms with E-state index in [0.29, 0.717) is 28.8 Å². The minimum atomic E-state index is -0.587. The zero-order valence-electron chi connectivity index (χ0n) is 32.2. The van der Waals surface area contributed by atoms with E-state index in [-0.39, 0.29) is 24.7 Å². The largest absolute Gasteiger partial charge is 0.444 e. The highest BCUT2D eigenvalue weighted by Gasteiger charge is 2.29. The summed E-state index contributed by atoms with van der Waals surface area (Å²) < 4.78 is 10.6. The van der Waals surface area contributed by atoms with Gasteiger partial charge in [0.2, 0.25) is 17.4 Å². The van der Waals surface area contributed by atoms with Crippen LogP contribution >= 0.6 is 22.7 Å². The second-order valence-electron chi connectivity index (χ2n) is 14.2. The number of amides is 4. The molecule has 2 heterocycles. The smallest absolute Gasteiger partial charge is 0.412 e. The van der Waals surface area contributed by atoms with Crippen molar-refractivity contribution in [3.63, 3.8) is 0 Å². The Hall–Kier alpha value is -4.96. The van der Waals surface area contributed by atoms with Gasteiger partial charge >= 0.3 is 12.2 Å². The first-order valence-electron chi connectivity index (χ1n) is 17.9. The van der Waals surface area contributed by atoms with Crippen LogP contribution in [0.5, 0.6) is 0 Å². The third-order valence-corrected chi connectivity index (χ3v) is 9.55. The molecule has 0 spiro atoms. The van der Waals surface area contributed by atoms with Gasteiger partial charge in [0.1, 0.15) is 26.2 Å². The van der Waals surface area contributed by atoms with E-state index in [1.54, 1.807) is 56.4 Å². The summed E-state index contributed by atoms with van der Waals surface area (Å²) in [6.45, 7) is 14.9. The van der Waals surface area contributed by atoms with E-state index in [1.807, 2.05) is 58.9 Å². The molecule has 1 fully saturated rings. The summed E-state index contributed by atoms with van der Waals surface area (Å²) in [5, 5.41) is 29.4. The van der Waals surface area contributed by atoms with Crippen LogP contribution in [0.4, 0.5) is 26.1 Å². The standard InChI is InChI=1S/C35H43N7O5S2.C2H6.CH3NO/c1-34(2,3)46-32(44)36-25-14-10-21(11-15-25)18-27(43)38-31-42-41-30(49-31)24-9-7-8-23(20-24)29-40-39-28(48-29)19-22-12-16-26(17-13-22)37-33(45)47-35(4,5)6;1-2;2-1-3/h10-17,23-24H,7-9,18-20H2,1-6H3,(H,36,44)(H,37,45)(H,38,42,43);1-2H3;1H,(H2,2,3)/t23-,24?;;/m0../s1. The second-order valence-corrected chi connectivity index (χ2v) is 16.3. The molecule has 0 aliphatic heterocycles. The Kier molecular flexibility index (Phi) is 16.5. The average molecular weight is 781 g/mol. The molecule has 14 nitrogen and oxygen atoms in total. The molecule has 1 aliphatic rings. The average Bonchev–Trinajstić information content (AvgIpc) is 3.76. The van der Waals surface area contributed by atoms with Crippen LogP contribution in [0.1, 0.15) is 119 Å². The van der Waals surface area contributed by atoms with Crippen molar-refractivity contribution in [1.82, 2.24) is 20.4 Å². The van der Waals surface area contributed by atoms with Crippen LogP contribution in [0.2, 0.25) is 0 Å². The summed E-state index contributed by atoms with van der Waals surface area (Å²) in [5.41, 5.74) is 6.16. The van der Waals surface area contributed by atoms with Gasteiger partial charge in [0, 0.05) is 29.6 Å². The van der Waals surface area contributed by atoms with Crippen LogP contribution in [0, 0.1) is 0 Å². The van der Waals surface area contributed by atoms with Gasteiger partial charge in [-0.05, 0) is 96.2 Å². The molecule has 2 aromatic carbocycles. The van der Waals surface area contributed by atoms with Gasteiger partial charge in [-0.1, -0.05) is 55.9 Å². The number of carbonyl (C=O) groups excluding carboxylic acids is 4. The van der Waals surface area contributed by atoms with Crippen LogP contribution in [-0.4, -0.2) is 56.1 Å². The molecule has 5 rings (SSSR count). The number of aromatic nitrogens is 4. The fourth-order valence-electron chi connectivity index (χ4n) is 5.37. The molecule has 4 aromatic rings. The van der Waals surface area contributed by atoms with E-state index < -0.39 is 23.4 Å². The first-order valence-corrected chi connectivity index (χ1v) is 19.5. The quantitative estimate of drug-likeness (QED) is 0.120. The molecule has 0 bridgehead atoms. The van der Waals surface area contributed by atoms with Gasteiger partial charge in [0.25, 0.3) is 0 Å². The highest BCUT2D eigenvalue weighted by atomic mass is 32.1. The van der Waals surface area contributed by atoms with Crippen LogP contribution in [-0.2, 0) is 31.9 Å². The van der Waals surface area contributed by atoms with Crippen molar-refractivity contribution < 1.29 is 28.7 Å². The molecule has 1 unspecified atom stereocenters. The maximum Gasteiger partial charge on any atom is 0.412 e. The fourth-order valence-corrected chi connectivity index (χ4v) is 7.30. The maximum absolute atomic E-state index is 12.8. The molecular formula is C38H52N8O6S2. The fraction of sp³-hybridized carbons (Fsp3) is 0.474.